The van der Waals surface area contributed by atoms with Gasteiger partial charge in [0.25, 0.3) is 5.91 Å². The number of ether oxygens (including phenoxy) is 2. The molecule has 0 unspecified atom stereocenters. The van der Waals surface area contributed by atoms with Crippen molar-refractivity contribution >= 4 is 23.2 Å². The summed E-state index contributed by atoms with van der Waals surface area (Å²) in [4.78, 5) is 26.2. The number of amides is 1. The summed E-state index contributed by atoms with van der Waals surface area (Å²) in [7, 11) is 1.63. The highest BCUT2D eigenvalue weighted by Gasteiger charge is 2.23. The number of methoxy groups -OCH3 is 1. The predicted octanol–water partition coefficient (Wildman–Crippen LogP) is 3.15. The smallest absolute Gasteiger partial charge is 0.349 e. The van der Waals surface area contributed by atoms with Crippen LogP contribution >= 0.6 is 11.3 Å². The molecule has 1 aromatic carbocycles. The van der Waals surface area contributed by atoms with Gasteiger partial charge in [-0.2, -0.15) is 0 Å². The van der Waals surface area contributed by atoms with Gasteiger partial charge in [-0.25, -0.2) is 4.79 Å². The Balaban J connectivity index is 1.44. The Morgan fingerprint density at radius 3 is 2.69 bits per heavy atom. The number of nitrogens with one attached hydrogen (secondary N) is 1. The maximum atomic E-state index is 12.2. The van der Waals surface area contributed by atoms with Gasteiger partial charge in [0.1, 0.15) is 10.6 Å². The summed E-state index contributed by atoms with van der Waals surface area (Å²) >= 11 is 1.49. The van der Waals surface area contributed by atoms with Crippen LogP contribution in [0.25, 0.3) is 0 Å². The van der Waals surface area contributed by atoms with Crippen molar-refractivity contribution in [1.29, 1.82) is 0 Å². The van der Waals surface area contributed by atoms with Crippen molar-refractivity contribution < 1.29 is 19.1 Å². The Morgan fingerprint density at radius 2 is 2.00 bits per heavy atom. The van der Waals surface area contributed by atoms with E-state index in [1.54, 1.807) is 14.0 Å². The molecule has 1 aromatic heterocycles. The third-order valence-electron chi connectivity index (χ3n) is 4.47. The highest BCUT2D eigenvalue weighted by Crippen LogP contribution is 2.31. The zero-order valence-corrected chi connectivity index (χ0v) is 15.9. The molecule has 2 aromatic rings. The number of benzene rings is 1. The van der Waals surface area contributed by atoms with Crippen LogP contribution in [0.5, 0.6) is 5.75 Å². The first-order valence-corrected chi connectivity index (χ1v) is 9.61. The summed E-state index contributed by atoms with van der Waals surface area (Å²) in [5.41, 5.74) is 2.35. The van der Waals surface area contributed by atoms with Crippen LogP contribution < -0.4 is 10.1 Å². The highest BCUT2D eigenvalue weighted by molar-refractivity contribution is 7.14. The van der Waals surface area contributed by atoms with Crippen LogP contribution in [-0.2, 0) is 28.8 Å². The van der Waals surface area contributed by atoms with E-state index in [2.05, 4.69) is 5.32 Å². The van der Waals surface area contributed by atoms with E-state index in [1.807, 2.05) is 30.3 Å². The molecule has 0 bridgehead atoms. The SMILES string of the molecule is COc1ccc(CCNC(=O)[C@@H](C)OC(=O)c2cc3c(s2)CCC3)cc1. The molecule has 0 fully saturated rings. The van der Waals surface area contributed by atoms with Crippen molar-refractivity contribution in [2.45, 2.75) is 38.7 Å². The lowest BCUT2D eigenvalue weighted by molar-refractivity contribution is -0.129. The van der Waals surface area contributed by atoms with E-state index in [9.17, 15) is 9.59 Å². The second kappa shape index (κ2) is 8.36. The predicted molar refractivity (Wildman–Crippen MR) is 101 cm³/mol. The molecule has 0 saturated heterocycles. The number of hydrogen-bond donors (Lipinski definition) is 1. The van der Waals surface area contributed by atoms with Crippen LogP contribution in [0.4, 0.5) is 0 Å². The van der Waals surface area contributed by atoms with Gasteiger partial charge in [0.05, 0.1) is 7.11 Å². The van der Waals surface area contributed by atoms with E-state index in [-0.39, 0.29) is 5.91 Å². The molecule has 26 heavy (non-hydrogen) atoms. The Labute approximate surface area is 157 Å². The Morgan fingerprint density at radius 1 is 1.23 bits per heavy atom. The largest absolute Gasteiger partial charge is 0.497 e. The van der Waals surface area contributed by atoms with E-state index in [4.69, 9.17) is 9.47 Å². The van der Waals surface area contributed by atoms with Gasteiger partial charge in [0, 0.05) is 11.4 Å². The van der Waals surface area contributed by atoms with Crippen LogP contribution in [0.3, 0.4) is 0 Å². The van der Waals surface area contributed by atoms with Crippen LogP contribution in [-0.4, -0.2) is 31.6 Å². The average Bonchev–Trinajstić information content (AvgIpc) is 3.24. The molecule has 1 aliphatic rings. The number of rotatable bonds is 7. The van der Waals surface area contributed by atoms with Gasteiger partial charge >= 0.3 is 5.97 Å². The molecule has 1 heterocycles. The van der Waals surface area contributed by atoms with E-state index >= 15 is 0 Å². The maximum Gasteiger partial charge on any atom is 0.349 e. The van der Waals surface area contributed by atoms with E-state index in [0.717, 1.165) is 30.6 Å². The van der Waals surface area contributed by atoms with Crippen molar-refractivity contribution in [1.82, 2.24) is 5.32 Å². The third-order valence-corrected chi connectivity index (χ3v) is 5.69. The number of thiophene rings is 1. The second-order valence-electron chi connectivity index (χ2n) is 6.35. The Bertz CT molecular complexity index is 760. The van der Waals surface area contributed by atoms with Crippen LogP contribution in [0.2, 0.25) is 0 Å². The fourth-order valence-electron chi connectivity index (χ4n) is 2.97. The number of esters is 1. The van der Waals surface area contributed by atoms with Gasteiger partial charge in [-0.1, -0.05) is 12.1 Å². The second-order valence-corrected chi connectivity index (χ2v) is 7.49. The standard InChI is InChI=1S/C20H23NO4S/c1-13(25-20(23)18-12-15-4-3-5-17(15)26-18)19(22)21-11-10-14-6-8-16(24-2)9-7-14/h6-9,12-13H,3-5,10-11H2,1-2H3,(H,21,22)/t13-/m1/s1. The van der Waals surface area contributed by atoms with E-state index in [1.165, 1.54) is 21.8 Å². The topological polar surface area (TPSA) is 64.6 Å². The number of hydrogen-bond acceptors (Lipinski definition) is 5. The van der Waals surface area contributed by atoms with Crippen molar-refractivity contribution in [2.75, 3.05) is 13.7 Å². The maximum absolute atomic E-state index is 12.2. The van der Waals surface area contributed by atoms with Crippen molar-refractivity contribution in [3.63, 3.8) is 0 Å². The van der Waals surface area contributed by atoms with Gasteiger partial charge < -0.3 is 14.8 Å². The normalized spacial score (nSPS) is 13.8. The fraction of sp³-hybridized carbons (Fsp3) is 0.400. The zero-order valence-electron chi connectivity index (χ0n) is 15.0. The van der Waals surface area contributed by atoms with E-state index in [0.29, 0.717) is 17.8 Å². The minimum Gasteiger partial charge on any atom is -0.497 e. The molecule has 1 atom stereocenters. The van der Waals surface area contributed by atoms with Gasteiger partial charge in [0.15, 0.2) is 6.10 Å². The average molecular weight is 373 g/mol. The number of carbonyl (C=O) groups is 2. The molecule has 3 rings (SSSR count). The molecule has 0 spiro atoms. The first-order chi connectivity index (χ1) is 12.6. The molecule has 6 heteroatoms. The monoisotopic (exact) mass is 373 g/mol. The number of fused-ring (bicyclic) bond motifs is 1. The molecule has 5 nitrogen and oxygen atoms in total. The molecule has 0 aliphatic heterocycles. The molecule has 138 valence electrons. The molecule has 1 aliphatic carbocycles. The van der Waals surface area contributed by atoms with Gasteiger partial charge in [-0.15, -0.1) is 11.3 Å². The summed E-state index contributed by atoms with van der Waals surface area (Å²) in [6, 6.07) is 9.61. The summed E-state index contributed by atoms with van der Waals surface area (Å²) < 4.78 is 10.4. The Kier molecular flexibility index (Phi) is 5.93. The van der Waals surface area contributed by atoms with Gasteiger partial charge in [0.2, 0.25) is 0 Å². The fourth-order valence-corrected chi connectivity index (χ4v) is 4.10. The summed E-state index contributed by atoms with van der Waals surface area (Å²) in [5, 5.41) is 2.81. The molecule has 0 radical (unpaired) electrons. The molecule has 1 N–H and O–H groups in total. The first-order valence-electron chi connectivity index (χ1n) is 8.80. The summed E-state index contributed by atoms with van der Waals surface area (Å²) in [6.45, 7) is 2.09. The van der Waals surface area contributed by atoms with Crippen molar-refractivity contribution in [3.05, 3.63) is 51.2 Å². The first kappa shape index (κ1) is 18.5. The summed E-state index contributed by atoms with van der Waals surface area (Å²) in [5.74, 6) is 0.107. The molecular weight excluding hydrogens is 350 g/mol. The number of carbonyl (C=O) groups excluding carboxylic acids is 2. The third kappa shape index (κ3) is 4.43. The molecular formula is C20H23NO4S. The quantitative estimate of drug-likeness (QED) is 0.757. The minimum atomic E-state index is -0.810. The minimum absolute atomic E-state index is 0.282. The van der Waals surface area contributed by atoms with Crippen LogP contribution in [0.15, 0.2) is 30.3 Å². The lowest BCUT2D eigenvalue weighted by Crippen LogP contribution is -2.36. The van der Waals surface area contributed by atoms with Crippen LogP contribution in [0, 0.1) is 0 Å². The van der Waals surface area contributed by atoms with E-state index < -0.39 is 12.1 Å². The molecule has 0 saturated carbocycles. The summed E-state index contributed by atoms with van der Waals surface area (Å²) in [6.07, 6.45) is 3.11. The lowest BCUT2D eigenvalue weighted by Gasteiger charge is -2.13. The van der Waals surface area contributed by atoms with Gasteiger partial charge in [-0.05, 0) is 61.9 Å². The van der Waals surface area contributed by atoms with Crippen molar-refractivity contribution in [2.24, 2.45) is 0 Å². The van der Waals surface area contributed by atoms with Gasteiger partial charge in [-0.3, -0.25) is 4.79 Å². The van der Waals surface area contributed by atoms with Crippen molar-refractivity contribution in [3.8, 4) is 5.75 Å². The highest BCUT2D eigenvalue weighted by atomic mass is 32.1. The Hall–Kier alpha value is -2.34. The zero-order chi connectivity index (χ0) is 18.5. The molecule has 1 amide bonds. The lowest BCUT2D eigenvalue weighted by atomic mass is 10.1. The number of aryl methyl sites for hydroxylation is 2. The van der Waals surface area contributed by atoms with Crippen LogP contribution in [0.1, 0.15) is 39.0 Å².